The van der Waals surface area contributed by atoms with Crippen molar-refractivity contribution in [3.63, 3.8) is 0 Å². The van der Waals surface area contributed by atoms with E-state index in [0.29, 0.717) is 0 Å². The highest BCUT2D eigenvalue weighted by atomic mass is 31.1. The van der Waals surface area contributed by atoms with Crippen LogP contribution < -0.4 is 0 Å². The van der Waals surface area contributed by atoms with Crippen molar-refractivity contribution in [3.05, 3.63) is 20.8 Å². The van der Waals surface area contributed by atoms with E-state index in [1.807, 2.05) is 0 Å². The molecule has 0 aromatic carbocycles. The zero-order valence-electron chi connectivity index (χ0n) is 10.6. The molecule has 5 unspecified atom stereocenters. The Hall–Kier alpha value is 0.860. The minimum absolute atomic E-state index is 0.144. The fourth-order valence-corrected chi connectivity index (χ4v) is 9.76. The highest BCUT2D eigenvalue weighted by Crippen LogP contribution is 2.60. The van der Waals surface area contributed by atoms with E-state index < -0.39 is 0 Å². The predicted octanol–water partition coefficient (Wildman–Crippen LogP) is 4.53. The van der Waals surface area contributed by atoms with Crippen molar-refractivity contribution in [3.8, 4) is 0 Å². The maximum atomic E-state index is 4.36. The van der Waals surface area contributed by atoms with Crippen molar-refractivity contribution in [2.45, 2.75) is 55.2 Å². The first-order valence-electron chi connectivity index (χ1n) is 6.60. The maximum absolute atomic E-state index is 4.36. The molecule has 0 aliphatic carbocycles. The van der Waals surface area contributed by atoms with Crippen LogP contribution in [0.15, 0.2) is 0 Å². The summed E-state index contributed by atoms with van der Waals surface area (Å²) in [5.41, 5.74) is 3.25. The Bertz CT molecular complexity index is 185. The number of hydrogen-bond acceptors (Lipinski definition) is 0. The van der Waals surface area contributed by atoms with Crippen molar-refractivity contribution >= 4 is 15.8 Å². The van der Waals surface area contributed by atoms with E-state index in [2.05, 4.69) is 27.7 Å². The number of rotatable bonds is 3. The standard InChI is InChI=1S/C14H25P2/c1-11-5-6-12(2)15(11)9-10-16-13(3)7-8-14(16)4/h11-14H,1-3,5-10H2,4H3/q-3. The van der Waals surface area contributed by atoms with Gasteiger partial charge >= 0.3 is 0 Å². The van der Waals surface area contributed by atoms with E-state index in [9.17, 15) is 0 Å². The summed E-state index contributed by atoms with van der Waals surface area (Å²) in [6, 6.07) is 0. The molecule has 0 bridgehead atoms. The van der Waals surface area contributed by atoms with Gasteiger partial charge in [-0.2, -0.15) is 19.2 Å². The van der Waals surface area contributed by atoms with Crippen LogP contribution in [-0.2, 0) is 0 Å². The van der Waals surface area contributed by atoms with Crippen LogP contribution in [0.5, 0.6) is 0 Å². The van der Waals surface area contributed by atoms with E-state index in [0.717, 1.165) is 22.6 Å². The van der Waals surface area contributed by atoms with Gasteiger partial charge in [0.05, 0.1) is 0 Å². The molecule has 16 heavy (non-hydrogen) atoms. The van der Waals surface area contributed by atoms with E-state index >= 15 is 0 Å². The molecule has 2 saturated heterocycles. The highest BCUT2D eigenvalue weighted by Gasteiger charge is 2.27. The Labute approximate surface area is 104 Å². The topological polar surface area (TPSA) is 0 Å². The van der Waals surface area contributed by atoms with Crippen molar-refractivity contribution in [2.24, 2.45) is 0 Å². The smallest absolute Gasteiger partial charge is 0.0259 e. The van der Waals surface area contributed by atoms with Gasteiger partial charge in [0, 0.05) is 0 Å². The average Bonchev–Trinajstić information content (AvgIpc) is 2.72. The lowest BCUT2D eigenvalue weighted by atomic mass is 10.2. The molecule has 94 valence electrons. The van der Waals surface area contributed by atoms with Crippen molar-refractivity contribution in [2.75, 3.05) is 12.3 Å². The number of hydrogen-bond donors (Lipinski definition) is 0. The van der Waals surface area contributed by atoms with Gasteiger partial charge in [-0.1, -0.05) is 26.2 Å². The van der Waals surface area contributed by atoms with Crippen LogP contribution in [0, 0.1) is 20.8 Å². The monoisotopic (exact) mass is 255 g/mol. The Morgan fingerprint density at radius 3 is 1.75 bits per heavy atom. The molecule has 0 amide bonds. The third-order valence-corrected chi connectivity index (χ3v) is 11.2. The summed E-state index contributed by atoms with van der Waals surface area (Å²) >= 11 is 0. The first kappa shape index (κ1) is 13.3. The first-order valence-corrected chi connectivity index (χ1v) is 9.93. The summed E-state index contributed by atoms with van der Waals surface area (Å²) in [6.07, 6.45) is 8.39. The van der Waals surface area contributed by atoms with Gasteiger partial charge in [-0.05, 0) is 24.4 Å². The zero-order chi connectivity index (χ0) is 11.7. The minimum Gasteiger partial charge on any atom is -0.336 e. The van der Waals surface area contributed by atoms with E-state index in [-0.39, 0.29) is 15.8 Å². The lowest BCUT2D eigenvalue weighted by Crippen LogP contribution is -2.08. The van der Waals surface area contributed by atoms with Gasteiger partial charge in [-0.15, -0.1) is 13.6 Å². The van der Waals surface area contributed by atoms with Crippen LogP contribution in [0.3, 0.4) is 0 Å². The molecule has 5 atom stereocenters. The van der Waals surface area contributed by atoms with E-state index in [4.69, 9.17) is 0 Å². The van der Waals surface area contributed by atoms with Gasteiger partial charge in [-0.3, -0.25) is 0 Å². The average molecular weight is 255 g/mol. The lowest BCUT2D eigenvalue weighted by molar-refractivity contribution is 0.800. The van der Waals surface area contributed by atoms with Crippen LogP contribution in [0.25, 0.3) is 0 Å². The summed E-state index contributed by atoms with van der Waals surface area (Å²) in [5, 5.41) is 0. The van der Waals surface area contributed by atoms with Crippen molar-refractivity contribution in [1.82, 2.24) is 0 Å². The van der Waals surface area contributed by atoms with Crippen LogP contribution in [0.1, 0.15) is 32.6 Å². The molecule has 0 N–H and O–H groups in total. The Balaban J connectivity index is 1.82. The lowest BCUT2D eigenvalue weighted by Gasteiger charge is -2.33. The second kappa shape index (κ2) is 5.67. The molecular weight excluding hydrogens is 230 g/mol. The van der Waals surface area contributed by atoms with Gasteiger partial charge in [-0.25, -0.2) is 0 Å². The largest absolute Gasteiger partial charge is 0.336 e. The van der Waals surface area contributed by atoms with Crippen molar-refractivity contribution in [1.29, 1.82) is 0 Å². The van der Waals surface area contributed by atoms with Gasteiger partial charge < -0.3 is 20.8 Å². The molecule has 0 nitrogen and oxygen atoms in total. The first-order chi connectivity index (χ1) is 7.59. The molecule has 2 fully saturated rings. The third kappa shape index (κ3) is 2.81. The summed E-state index contributed by atoms with van der Waals surface area (Å²) < 4.78 is 0. The third-order valence-electron chi connectivity index (χ3n) is 4.34. The fraction of sp³-hybridized carbons (Fsp3) is 0.786. The second-order valence-electron chi connectivity index (χ2n) is 5.44. The van der Waals surface area contributed by atoms with Gasteiger partial charge in [0.25, 0.3) is 0 Å². The molecule has 0 saturated carbocycles. The highest BCUT2D eigenvalue weighted by molar-refractivity contribution is 7.63. The quantitative estimate of drug-likeness (QED) is 0.513. The molecule has 2 heterocycles. The summed E-state index contributed by atoms with van der Waals surface area (Å²) in [6.45, 7) is 15.5. The summed E-state index contributed by atoms with van der Waals surface area (Å²) in [5.74, 6) is 0. The van der Waals surface area contributed by atoms with Gasteiger partial charge in [0.1, 0.15) is 0 Å². The van der Waals surface area contributed by atoms with E-state index in [1.54, 1.807) is 0 Å². The minimum atomic E-state index is 0.144. The molecule has 2 rings (SSSR count). The van der Waals surface area contributed by atoms with Crippen LogP contribution in [-0.4, -0.2) is 35.0 Å². The molecule has 0 radical (unpaired) electrons. The maximum Gasteiger partial charge on any atom is -0.0259 e. The van der Waals surface area contributed by atoms with Crippen LogP contribution in [0.4, 0.5) is 0 Å². The van der Waals surface area contributed by atoms with Crippen LogP contribution >= 0.6 is 15.8 Å². The molecule has 0 aromatic heterocycles. The van der Waals surface area contributed by atoms with Crippen LogP contribution in [0.2, 0.25) is 0 Å². The fourth-order valence-electron chi connectivity index (χ4n) is 3.14. The SMILES string of the molecule is [CH2-]C1CCC([CH2-])P1CCP1C([CH2-])CCC1C. The second-order valence-corrected chi connectivity index (χ2v) is 11.5. The molecule has 0 aromatic rings. The Morgan fingerprint density at radius 1 is 0.812 bits per heavy atom. The summed E-state index contributed by atoms with van der Waals surface area (Å²) in [4.78, 5) is 0. The van der Waals surface area contributed by atoms with Crippen molar-refractivity contribution < 1.29 is 0 Å². The normalized spacial score (nSPS) is 48.8. The van der Waals surface area contributed by atoms with E-state index in [1.165, 1.54) is 38.0 Å². The molecule has 2 aliphatic heterocycles. The van der Waals surface area contributed by atoms with Gasteiger partial charge in [0.2, 0.25) is 0 Å². The Kier molecular flexibility index (Phi) is 4.71. The molecule has 0 spiro atoms. The summed E-state index contributed by atoms with van der Waals surface area (Å²) in [7, 11) is 0.372. The molecular formula is C14H25P2-3. The Morgan fingerprint density at radius 2 is 1.25 bits per heavy atom. The zero-order valence-corrected chi connectivity index (χ0v) is 12.4. The predicted molar refractivity (Wildman–Crippen MR) is 78.9 cm³/mol. The molecule has 2 aliphatic rings. The molecule has 2 heteroatoms. The van der Waals surface area contributed by atoms with Gasteiger partial charge in [0.15, 0.2) is 0 Å².